The second-order valence-corrected chi connectivity index (χ2v) is 4.20. The van der Waals surface area contributed by atoms with E-state index in [1.165, 1.54) is 0 Å². The Balaban J connectivity index is 2.42. The van der Waals surface area contributed by atoms with Crippen LogP contribution in [-0.2, 0) is 16.0 Å². The van der Waals surface area contributed by atoms with E-state index in [1.54, 1.807) is 19.2 Å². The van der Waals surface area contributed by atoms with E-state index in [4.69, 9.17) is 4.74 Å². The predicted molar refractivity (Wildman–Crippen MR) is 77.7 cm³/mol. The minimum Gasteiger partial charge on any atom is -0.383 e. The SMILES string of the molecule is CCNC(=O)Nc1ccc(CC(=O)NCCOC)cc1. The van der Waals surface area contributed by atoms with Gasteiger partial charge in [0.25, 0.3) is 0 Å². The van der Waals surface area contributed by atoms with Gasteiger partial charge >= 0.3 is 6.03 Å². The summed E-state index contributed by atoms with van der Waals surface area (Å²) in [7, 11) is 1.59. The van der Waals surface area contributed by atoms with E-state index in [9.17, 15) is 9.59 Å². The molecule has 0 radical (unpaired) electrons. The van der Waals surface area contributed by atoms with E-state index in [-0.39, 0.29) is 11.9 Å². The van der Waals surface area contributed by atoms with Crippen molar-refractivity contribution in [3.8, 4) is 0 Å². The highest BCUT2D eigenvalue weighted by Gasteiger charge is 2.04. The molecular formula is C14H21N3O3. The number of rotatable bonds is 7. The summed E-state index contributed by atoms with van der Waals surface area (Å²) in [5.74, 6) is -0.0496. The third-order valence-corrected chi connectivity index (χ3v) is 2.54. The van der Waals surface area contributed by atoms with Crippen LogP contribution >= 0.6 is 0 Å². The number of carbonyl (C=O) groups excluding carboxylic acids is 2. The number of hydrogen-bond donors (Lipinski definition) is 3. The highest BCUT2D eigenvalue weighted by Crippen LogP contribution is 2.09. The molecule has 0 saturated heterocycles. The molecule has 3 N–H and O–H groups in total. The first-order valence-electron chi connectivity index (χ1n) is 6.55. The quantitative estimate of drug-likeness (QED) is 0.655. The van der Waals surface area contributed by atoms with E-state index in [0.717, 1.165) is 5.56 Å². The zero-order chi connectivity index (χ0) is 14.8. The van der Waals surface area contributed by atoms with E-state index in [1.807, 2.05) is 19.1 Å². The van der Waals surface area contributed by atoms with Crippen LogP contribution in [-0.4, -0.2) is 38.7 Å². The van der Waals surface area contributed by atoms with Crippen molar-refractivity contribution in [1.29, 1.82) is 0 Å². The first-order valence-corrected chi connectivity index (χ1v) is 6.55. The summed E-state index contributed by atoms with van der Waals surface area (Å²) in [6, 6.07) is 6.94. The molecule has 110 valence electrons. The Morgan fingerprint density at radius 1 is 1.15 bits per heavy atom. The third kappa shape index (κ3) is 6.19. The summed E-state index contributed by atoms with van der Waals surface area (Å²) in [5.41, 5.74) is 1.58. The van der Waals surface area contributed by atoms with E-state index in [0.29, 0.717) is 31.8 Å². The second kappa shape index (κ2) is 8.92. The Morgan fingerprint density at radius 3 is 2.45 bits per heavy atom. The van der Waals surface area contributed by atoms with Gasteiger partial charge in [-0.3, -0.25) is 4.79 Å². The number of carbonyl (C=O) groups is 2. The van der Waals surface area contributed by atoms with E-state index in [2.05, 4.69) is 16.0 Å². The fourth-order valence-corrected chi connectivity index (χ4v) is 1.58. The van der Waals surface area contributed by atoms with Crippen LogP contribution in [0.15, 0.2) is 24.3 Å². The molecule has 0 aliphatic heterocycles. The molecule has 3 amide bonds. The Hall–Kier alpha value is -2.08. The predicted octanol–water partition coefficient (Wildman–Crippen LogP) is 1.13. The van der Waals surface area contributed by atoms with Gasteiger partial charge in [-0.25, -0.2) is 4.79 Å². The molecule has 20 heavy (non-hydrogen) atoms. The van der Waals surface area contributed by atoms with Gasteiger partial charge in [0.15, 0.2) is 0 Å². The molecule has 0 fully saturated rings. The molecule has 0 spiro atoms. The normalized spacial score (nSPS) is 9.90. The van der Waals surface area contributed by atoms with Crippen molar-refractivity contribution in [3.05, 3.63) is 29.8 Å². The standard InChI is InChI=1S/C14H21N3O3/c1-3-15-14(19)17-12-6-4-11(5-7-12)10-13(18)16-8-9-20-2/h4-7H,3,8-10H2,1-2H3,(H,16,18)(H2,15,17,19). The number of anilines is 1. The van der Waals surface area contributed by atoms with Crippen molar-refractivity contribution < 1.29 is 14.3 Å². The topological polar surface area (TPSA) is 79.5 Å². The van der Waals surface area contributed by atoms with Gasteiger partial charge in [-0.15, -0.1) is 0 Å². The zero-order valence-electron chi connectivity index (χ0n) is 11.9. The average molecular weight is 279 g/mol. The van der Waals surface area contributed by atoms with Gasteiger partial charge in [-0.2, -0.15) is 0 Å². The zero-order valence-corrected chi connectivity index (χ0v) is 11.9. The molecule has 1 aromatic rings. The lowest BCUT2D eigenvalue weighted by molar-refractivity contribution is -0.120. The Bertz CT molecular complexity index is 432. The number of amides is 3. The summed E-state index contributed by atoms with van der Waals surface area (Å²) < 4.78 is 4.85. The van der Waals surface area contributed by atoms with Crippen LogP contribution in [0, 0.1) is 0 Å². The summed E-state index contributed by atoms with van der Waals surface area (Å²) in [6.07, 6.45) is 0.311. The molecule has 0 unspecified atom stereocenters. The second-order valence-electron chi connectivity index (χ2n) is 4.20. The van der Waals surface area contributed by atoms with Gasteiger partial charge in [0.05, 0.1) is 13.0 Å². The highest BCUT2D eigenvalue weighted by molar-refractivity contribution is 5.89. The monoisotopic (exact) mass is 279 g/mol. The Kier molecular flexibility index (Phi) is 7.13. The summed E-state index contributed by atoms with van der Waals surface area (Å²) in [5, 5.41) is 8.09. The molecule has 0 atom stereocenters. The van der Waals surface area contributed by atoms with Gasteiger partial charge in [-0.1, -0.05) is 12.1 Å². The third-order valence-electron chi connectivity index (χ3n) is 2.54. The lowest BCUT2D eigenvalue weighted by atomic mass is 10.1. The maximum absolute atomic E-state index is 11.6. The molecule has 0 aromatic heterocycles. The number of methoxy groups -OCH3 is 1. The van der Waals surface area contributed by atoms with Gasteiger partial charge in [0, 0.05) is 25.9 Å². The van der Waals surface area contributed by atoms with Gasteiger partial charge in [-0.05, 0) is 24.6 Å². The Labute approximate surface area is 118 Å². The fourth-order valence-electron chi connectivity index (χ4n) is 1.58. The average Bonchev–Trinajstić information content (AvgIpc) is 2.41. The van der Waals surface area contributed by atoms with Crippen molar-refractivity contribution in [3.63, 3.8) is 0 Å². The number of nitrogens with one attached hydrogen (secondary N) is 3. The Morgan fingerprint density at radius 2 is 1.85 bits per heavy atom. The molecule has 1 rings (SSSR count). The minimum atomic E-state index is -0.238. The molecule has 0 aliphatic rings. The lowest BCUT2D eigenvalue weighted by Crippen LogP contribution is -2.28. The number of hydrogen-bond acceptors (Lipinski definition) is 3. The molecule has 0 heterocycles. The molecular weight excluding hydrogens is 258 g/mol. The smallest absolute Gasteiger partial charge is 0.319 e. The molecule has 0 aliphatic carbocycles. The summed E-state index contributed by atoms with van der Waals surface area (Å²) >= 11 is 0. The van der Waals surface area contributed by atoms with Crippen LogP contribution in [0.4, 0.5) is 10.5 Å². The van der Waals surface area contributed by atoms with Crippen LogP contribution in [0.25, 0.3) is 0 Å². The van der Waals surface area contributed by atoms with Crippen LogP contribution in [0.3, 0.4) is 0 Å². The first kappa shape index (κ1) is 16.0. The molecule has 6 heteroatoms. The van der Waals surface area contributed by atoms with Crippen LogP contribution in [0.2, 0.25) is 0 Å². The number of urea groups is 1. The molecule has 6 nitrogen and oxygen atoms in total. The molecule has 1 aromatic carbocycles. The van der Waals surface area contributed by atoms with Gasteiger partial charge in [0.1, 0.15) is 0 Å². The first-order chi connectivity index (χ1) is 9.65. The van der Waals surface area contributed by atoms with Crippen LogP contribution in [0.5, 0.6) is 0 Å². The molecule has 0 saturated carbocycles. The van der Waals surface area contributed by atoms with Crippen molar-refractivity contribution in [2.45, 2.75) is 13.3 Å². The van der Waals surface area contributed by atoms with Crippen molar-refractivity contribution in [2.75, 3.05) is 32.1 Å². The maximum Gasteiger partial charge on any atom is 0.319 e. The molecule has 0 bridgehead atoms. The van der Waals surface area contributed by atoms with E-state index < -0.39 is 0 Å². The van der Waals surface area contributed by atoms with Crippen molar-refractivity contribution in [1.82, 2.24) is 10.6 Å². The lowest BCUT2D eigenvalue weighted by Gasteiger charge is -2.07. The number of ether oxygens (including phenoxy) is 1. The highest BCUT2D eigenvalue weighted by atomic mass is 16.5. The van der Waals surface area contributed by atoms with Crippen molar-refractivity contribution in [2.24, 2.45) is 0 Å². The number of benzene rings is 1. The maximum atomic E-state index is 11.6. The fraction of sp³-hybridized carbons (Fsp3) is 0.429. The van der Waals surface area contributed by atoms with Crippen molar-refractivity contribution >= 4 is 17.6 Å². The summed E-state index contributed by atoms with van der Waals surface area (Å²) in [4.78, 5) is 22.9. The van der Waals surface area contributed by atoms with Gasteiger partial charge < -0.3 is 20.7 Å². The largest absolute Gasteiger partial charge is 0.383 e. The van der Waals surface area contributed by atoms with E-state index >= 15 is 0 Å². The van der Waals surface area contributed by atoms with Gasteiger partial charge in [0.2, 0.25) is 5.91 Å². The summed E-state index contributed by atoms with van der Waals surface area (Å²) in [6.45, 7) is 3.43. The minimum absolute atomic E-state index is 0.0496. The van der Waals surface area contributed by atoms with Crippen LogP contribution in [0.1, 0.15) is 12.5 Å². The van der Waals surface area contributed by atoms with Crippen LogP contribution < -0.4 is 16.0 Å².